The molecule has 0 amide bonds. The fourth-order valence-corrected chi connectivity index (χ4v) is 0.943. The molecule has 0 radical (unpaired) electrons. The van der Waals surface area contributed by atoms with E-state index in [2.05, 4.69) is 0 Å². The third-order valence-corrected chi connectivity index (χ3v) is 1.65. The summed E-state index contributed by atoms with van der Waals surface area (Å²) in [5, 5.41) is 9.31. The van der Waals surface area contributed by atoms with E-state index in [1.54, 1.807) is 27.7 Å². The highest BCUT2D eigenvalue weighted by molar-refractivity contribution is 6.00. The first-order valence-electron chi connectivity index (χ1n) is 4.49. The van der Waals surface area contributed by atoms with Gasteiger partial charge in [0.1, 0.15) is 11.6 Å². The normalized spacial score (nSPS) is 11.8. The van der Waals surface area contributed by atoms with Gasteiger partial charge in [0, 0.05) is 12.3 Å². The third kappa shape index (κ3) is 6.46. The van der Waals surface area contributed by atoms with E-state index in [0.29, 0.717) is 0 Å². The molecule has 0 bridgehead atoms. The monoisotopic (exact) mass is 186 g/mol. The molecule has 0 rings (SSSR count). The average molecular weight is 186 g/mol. The topological polar surface area (TPSA) is 54.4 Å². The van der Waals surface area contributed by atoms with Crippen molar-refractivity contribution in [1.82, 2.24) is 0 Å². The third-order valence-electron chi connectivity index (χ3n) is 1.65. The van der Waals surface area contributed by atoms with Crippen LogP contribution in [-0.4, -0.2) is 22.3 Å². The van der Waals surface area contributed by atoms with Crippen LogP contribution in [0, 0.1) is 5.92 Å². The first-order chi connectivity index (χ1) is 5.72. The minimum Gasteiger partial charge on any atom is -0.390 e. The molecule has 0 spiro atoms. The molecule has 76 valence electrons. The molecule has 0 aromatic carbocycles. The van der Waals surface area contributed by atoms with Crippen LogP contribution in [0.4, 0.5) is 0 Å². The molecule has 0 aliphatic rings. The molecular formula is C10H18O3. The number of Topliss-reactive ketones (excluding diaryl/α,β-unsaturated/α-hetero) is 2. The van der Waals surface area contributed by atoms with Crippen molar-refractivity contribution in [3.05, 3.63) is 0 Å². The zero-order valence-electron chi connectivity index (χ0n) is 8.76. The first-order valence-corrected chi connectivity index (χ1v) is 4.49. The Hall–Kier alpha value is -0.700. The minimum atomic E-state index is -1.01. The molecule has 3 heteroatoms. The largest absolute Gasteiger partial charge is 0.390 e. The van der Waals surface area contributed by atoms with Crippen LogP contribution < -0.4 is 0 Å². The highest BCUT2D eigenvalue weighted by Crippen LogP contribution is 2.10. The van der Waals surface area contributed by atoms with Gasteiger partial charge in [0.05, 0.1) is 12.0 Å². The molecule has 13 heavy (non-hydrogen) atoms. The van der Waals surface area contributed by atoms with Gasteiger partial charge >= 0.3 is 0 Å². The van der Waals surface area contributed by atoms with Crippen LogP contribution in [0.15, 0.2) is 0 Å². The molecule has 1 N–H and O–H groups in total. The van der Waals surface area contributed by atoms with Crippen molar-refractivity contribution in [2.45, 2.75) is 46.1 Å². The van der Waals surface area contributed by atoms with Gasteiger partial charge in [-0.05, 0) is 13.8 Å². The van der Waals surface area contributed by atoms with Gasteiger partial charge in [0.25, 0.3) is 0 Å². The molecular weight excluding hydrogens is 168 g/mol. The number of carbonyl (C=O) groups excluding carboxylic acids is 2. The molecule has 0 heterocycles. The average Bonchev–Trinajstić information content (AvgIpc) is 1.81. The second-order valence-corrected chi connectivity index (χ2v) is 4.33. The summed E-state index contributed by atoms with van der Waals surface area (Å²) < 4.78 is 0. The standard InChI is InChI=1S/C10H18O3/c1-7(2)9(12)5-8(11)6-10(3,4)13/h7,13H,5-6H2,1-4H3. The molecule has 0 aliphatic carbocycles. The second-order valence-electron chi connectivity index (χ2n) is 4.33. The lowest BCUT2D eigenvalue weighted by atomic mass is 9.96. The molecule has 0 saturated carbocycles. The number of carbonyl (C=O) groups is 2. The molecule has 0 fully saturated rings. The summed E-state index contributed by atoms with van der Waals surface area (Å²) in [5.41, 5.74) is -1.01. The maximum atomic E-state index is 11.2. The first kappa shape index (κ1) is 12.3. The summed E-state index contributed by atoms with van der Waals surface area (Å²) in [5.74, 6) is -0.355. The Kier molecular flexibility index (Phi) is 4.27. The van der Waals surface area contributed by atoms with E-state index in [9.17, 15) is 14.7 Å². The van der Waals surface area contributed by atoms with Crippen molar-refractivity contribution in [3.63, 3.8) is 0 Å². The van der Waals surface area contributed by atoms with Gasteiger partial charge < -0.3 is 5.11 Å². The van der Waals surface area contributed by atoms with Gasteiger partial charge in [-0.15, -0.1) is 0 Å². The molecule has 0 aromatic rings. The van der Waals surface area contributed by atoms with Crippen LogP contribution in [0.25, 0.3) is 0 Å². The van der Waals surface area contributed by atoms with Crippen LogP contribution in [0.2, 0.25) is 0 Å². The number of aliphatic hydroxyl groups is 1. The summed E-state index contributed by atoms with van der Waals surface area (Å²) in [7, 11) is 0. The fourth-order valence-electron chi connectivity index (χ4n) is 0.943. The summed E-state index contributed by atoms with van der Waals surface area (Å²) in [4.78, 5) is 22.3. The lowest BCUT2D eigenvalue weighted by Gasteiger charge is -2.15. The summed E-state index contributed by atoms with van der Waals surface area (Å²) in [6.45, 7) is 6.65. The summed E-state index contributed by atoms with van der Waals surface area (Å²) in [6, 6.07) is 0. The number of hydrogen-bond donors (Lipinski definition) is 1. The Balaban J connectivity index is 3.96. The van der Waals surface area contributed by atoms with Crippen LogP contribution in [0.1, 0.15) is 40.5 Å². The molecule has 0 saturated heterocycles. The van der Waals surface area contributed by atoms with Crippen molar-refractivity contribution in [2.75, 3.05) is 0 Å². The van der Waals surface area contributed by atoms with E-state index in [1.165, 1.54) is 0 Å². The van der Waals surface area contributed by atoms with Crippen LogP contribution in [-0.2, 0) is 9.59 Å². The SMILES string of the molecule is CC(C)C(=O)CC(=O)CC(C)(C)O. The predicted octanol–water partition coefficient (Wildman–Crippen LogP) is 1.33. The summed E-state index contributed by atoms with van der Waals surface area (Å²) in [6.07, 6.45) is -0.00683. The van der Waals surface area contributed by atoms with Crippen molar-refractivity contribution in [3.8, 4) is 0 Å². The van der Waals surface area contributed by atoms with Crippen molar-refractivity contribution >= 4 is 11.6 Å². The van der Waals surface area contributed by atoms with Gasteiger partial charge in [0.2, 0.25) is 0 Å². The zero-order valence-corrected chi connectivity index (χ0v) is 8.76. The minimum absolute atomic E-state index is 0.0471. The van der Waals surface area contributed by atoms with Crippen molar-refractivity contribution in [1.29, 1.82) is 0 Å². The highest BCUT2D eigenvalue weighted by atomic mass is 16.3. The predicted molar refractivity (Wildman–Crippen MR) is 50.4 cm³/mol. The zero-order chi connectivity index (χ0) is 10.6. The maximum Gasteiger partial charge on any atom is 0.143 e. The second kappa shape index (κ2) is 4.51. The Morgan fingerprint density at radius 1 is 1.31 bits per heavy atom. The highest BCUT2D eigenvalue weighted by Gasteiger charge is 2.20. The van der Waals surface area contributed by atoms with Gasteiger partial charge in [0.15, 0.2) is 0 Å². The summed E-state index contributed by atoms with van der Waals surface area (Å²) >= 11 is 0. The van der Waals surface area contributed by atoms with E-state index in [4.69, 9.17) is 0 Å². The van der Waals surface area contributed by atoms with E-state index in [-0.39, 0.29) is 30.3 Å². The van der Waals surface area contributed by atoms with Crippen molar-refractivity contribution < 1.29 is 14.7 Å². The lowest BCUT2D eigenvalue weighted by molar-refractivity contribution is -0.130. The number of ketones is 2. The smallest absolute Gasteiger partial charge is 0.143 e. The molecule has 0 aliphatic heterocycles. The van der Waals surface area contributed by atoms with E-state index >= 15 is 0 Å². The molecule has 0 unspecified atom stereocenters. The van der Waals surface area contributed by atoms with Crippen LogP contribution in [0.5, 0.6) is 0 Å². The van der Waals surface area contributed by atoms with Crippen LogP contribution >= 0.6 is 0 Å². The van der Waals surface area contributed by atoms with Gasteiger partial charge in [-0.1, -0.05) is 13.8 Å². The Morgan fingerprint density at radius 3 is 2.08 bits per heavy atom. The lowest BCUT2D eigenvalue weighted by Crippen LogP contribution is -2.25. The van der Waals surface area contributed by atoms with E-state index < -0.39 is 5.60 Å². The molecule has 3 nitrogen and oxygen atoms in total. The van der Waals surface area contributed by atoms with Gasteiger partial charge in [-0.25, -0.2) is 0 Å². The van der Waals surface area contributed by atoms with Gasteiger partial charge in [-0.3, -0.25) is 9.59 Å². The quantitative estimate of drug-likeness (QED) is 0.659. The van der Waals surface area contributed by atoms with E-state index in [0.717, 1.165) is 0 Å². The fraction of sp³-hybridized carbons (Fsp3) is 0.800. The Labute approximate surface area is 79.1 Å². The van der Waals surface area contributed by atoms with Gasteiger partial charge in [-0.2, -0.15) is 0 Å². The number of rotatable bonds is 5. The Bertz CT molecular complexity index is 199. The molecule has 0 atom stereocenters. The number of hydrogen-bond acceptors (Lipinski definition) is 3. The van der Waals surface area contributed by atoms with E-state index in [1.807, 2.05) is 0 Å². The molecule has 0 aromatic heterocycles. The Morgan fingerprint density at radius 2 is 1.77 bits per heavy atom. The van der Waals surface area contributed by atoms with Crippen molar-refractivity contribution in [2.24, 2.45) is 5.92 Å². The maximum absolute atomic E-state index is 11.2. The van der Waals surface area contributed by atoms with Crippen LogP contribution in [0.3, 0.4) is 0 Å².